The molecule has 2 aromatic rings. The molecular formula is C22H21NO7. The van der Waals surface area contributed by atoms with E-state index in [9.17, 15) is 14.7 Å². The number of carbonyl (C=O) groups is 2. The Morgan fingerprint density at radius 3 is 2.23 bits per heavy atom. The number of aliphatic hydroxyl groups excluding tert-OH is 1. The van der Waals surface area contributed by atoms with Crippen LogP contribution in [-0.4, -0.2) is 66.2 Å². The Kier molecular flexibility index (Phi) is 4.88. The van der Waals surface area contributed by atoms with E-state index in [0.717, 1.165) is 10.5 Å². The van der Waals surface area contributed by atoms with E-state index in [1.165, 1.54) is 7.11 Å². The number of hydrogen-bond donors (Lipinski definition) is 1. The third kappa shape index (κ3) is 2.96. The van der Waals surface area contributed by atoms with Crippen LogP contribution in [0.2, 0.25) is 0 Å². The number of methoxy groups -OCH3 is 1. The van der Waals surface area contributed by atoms with Gasteiger partial charge < -0.3 is 24.1 Å². The summed E-state index contributed by atoms with van der Waals surface area (Å²) < 4.78 is 23.1. The van der Waals surface area contributed by atoms with Crippen molar-refractivity contribution in [3.63, 3.8) is 0 Å². The maximum Gasteiger partial charge on any atom is 0.262 e. The number of rotatable bonds is 3. The fraction of sp³-hybridized carbons (Fsp3) is 0.364. The van der Waals surface area contributed by atoms with Gasteiger partial charge in [-0.3, -0.25) is 14.5 Å². The lowest BCUT2D eigenvalue weighted by Crippen LogP contribution is -2.67. The van der Waals surface area contributed by atoms with E-state index in [-0.39, 0.29) is 6.61 Å². The molecule has 1 N–H and O–H groups in total. The van der Waals surface area contributed by atoms with E-state index in [2.05, 4.69) is 0 Å². The summed E-state index contributed by atoms with van der Waals surface area (Å²) in [5, 5.41) is 11.2. The van der Waals surface area contributed by atoms with Gasteiger partial charge in [0.05, 0.1) is 17.7 Å². The van der Waals surface area contributed by atoms with Crippen molar-refractivity contribution in [2.24, 2.45) is 0 Å². The first kappa shape index (κ1) is 19.3. The van der Waals surface area contributed by atoms with Crippen molar-refractivity contribution in [2.75, 3.05) is 13.7 Å². The Morgan fingerprint density at radius 2 is 1.60 bits per heavy atom. The average molecular weight is 411 g/mol. The quantitative estimate of drug-likeness (QED) is 0.765. The van der Waals surface area contributed by atoms with Crippen LogP contribution in [0.1, 0.15) is 32.6 Å². The lowest BCUT2D eigenvalue weighted by atomic mass is 9.94. The van der Waals surface area contributed by atoms with Crippen LogP contribution in [0.15, 0.2) is 54.6 Å². The summed E-state index contributed by atoms with van der Waals surface area (Å²) in [5.74, 6) is -0.981. The van der Waals surface area contributed by atoms with Gasteiger partial charge in [-0.25, -0.2) is 0 Å². The van der Waals surface area contributed by atoms with E-state index in [1.54, 1.807) is 24.3 Å². The Bertz CT molecular complexity index is 930. The summed E-state index contributed by atoms with van der Waals surface area (Å²) >= 11 is 0. The van der Waals surface area contributed by atoms with Crippen molar-refractivity contribution in [1.29, 1.82) is 0 Å². The standard InChI is InChI=1S/C22H21NO7/c1-27-22-16(23-19(25)13-9-5-6-10-14(13)20(23)26)17(24)18-15(29-22)11-28-21(30-18)12-7-3-2-4-8-12/h2-10,15-18,21-22,24H,11H2,1H3/t15-,16+,17+,18-,21-,22+/m1/s1. The van der Waals surface area contributed by atoms with Gasteiger partial charge >= 0.3 is 0 Å². The van der Waals surface area contributed by atoms with Crippen molar-refractivity contribution in [3.8, 4) is 0 Å². The van der Waals surface area contributed by atoms with Crippen LogP contribution in [-0.2, 0) is 18.9 Å². The predicted octanol–water partition coefficient (Wildman–Crippen LogP) is 1.50. The van der Waals surface area contributed by atoms with Crippen LogP contribution in [0.3, 0.4) is 0 Å². The van der Waals surface area contributed by atoms with Gasteiger partial charge in [0.25, 0.3) is 11.8 Å². The second-order valence-electron chi connectivity index (χ2n) is 7.46. The molecule has 0 aliphatic carbocycles. The van der Waals surface area contributed by atoms with E-state index in [4.69, 9.17) is 18.9 Å². The number of nitrogens with zero attached hydrogens (tertiary/aromatic N) is 1. The molecule has 6 atom stereocenters. The third-order valence-corrected chi connectivity index (χ3v) is 5.76. The number of fused-ring (bicyclic) bond motifs is 2. The molecule has 5 rings (SSSR count). The fourth-order valence-electron chi connectivity index (χ4n) is 4.31. The van der Waals surface area contributed by atoms with Crippen molar-refractivity contribution >= 4 is 11.8 Å². The van der Waals surface area contributed by atoms with Crippen molar-refractivity contribution in [3.05, 3.63) is 71.3 Å². The topological polar surface area (TPSA) is 94.5 Å². The first-order chi connectivity index (χ1) is 14.6. The smallest absolute Gasteiger partial charge is 0.262 e. The molecule has 8 nitrogen and oxygen atoms in total. The minimum atomic E-state index is -1.22. The van der Waals surface area contributed by atoms with Crippen LogP contribution in [0.5, 0.6) is 0 Å². The minimum Gasteiger partial charge on any atom is -0.388 e. The van der Waals surface area contributed by atoms with Gasteiger partial charge in [0.15, 0.2) is 12.6 Å². The maximum atomic E-state index is 13.0. The van der Waals surface area contributed by atoms with Gasteiger partial charge in [0.1, 0.15) is 24.4 Å². The van der Waals surface area contributed by atoms with Gasteiger partial charge in [-0.1, -0.05) is 42.5 Å². The van der Waals surface area contributed by atoms with Gasteiger partial charge in [-0.2, -0.15) is 0 Å². The number of ether oxygens (including phenoxy) is 4. The van der Waals surface area contributed by atoms with E-state index < -0.39 is 48.7 Å². The molecule has 0 saturated carbocycles. The number of imide groups is 1. The molecule has 2 saturated heterocycles. The Labute approximate surface area is 172 Å². The van der Waals surface area contributed by atoms with Crippen LogP contribution in [0, 0.1) is 0 Å². The molecule has 3 heterocycles. The molecular weight excluding hydrogens is 390 g/mol. The number of amides is 2. The average Bonchev–Trinajstić information content (AvgIpc) is 3.04. The van der Waals surface area contributed by atoms with Crippen molar-refractivity contribution in [1.82, 2.24) is 4.90 Å². The van der Waals surface area contributed by atoms with E-state index in [1.807, 2.05) is 30.3 Å². The van der Waals surface area contributed by atoms with Crippen LogP contribution >= 0.6 is 0 Å². The largest absolute Gasteiger partial charge is 0.388 e. The molecule has 2 fully saturated rings. The highest BCUT2D eigenvalue weighted by Gasteiger charge is 2.55. The fourth-order valence-corrected chi connectivity index (χ4v) is 4.31. The summed E-state index contributed by atoms with van der Waals surface area (Å²) in [7, 11) is 1.40. The number of carbonyl (C=O) groups excluding carboxylic acids is 2. The first-order valence-electron chi connectivity index (χ1n) is 9.75. The molecule has 2 aromatic carbocycles. The van der Waals surface area contributed by atoms with Crippen molar-refractivity contribution < 1.29 is 33.6 Å². The Morgan fingerprint density at radius 1 is 0.967 bits per heavy atom. The lowest BCUT2D eigenvalue weighted by molar-refractivity contribution is -0.346. The first-order valence-corrected chi connectivity index (χ1v) is 9.75. The summed E-state index contributed by atoms with van der Waals surface area (Å²) in [6.07, 6.45) is -4.32. The molecule has 3 aliphatic heterocycles. The number of aliphatic hydroxyl groups is 1. The zero-order chi connectivity index (χ0) is 20.8. The minimum absolute atomic E-state index is 0.177. The summed E-state index contributed by atoms with van der Waals surface area (Å²) in [6.45, 7) is 0.177. The second-order valence-corrected chi connectivity index (χ2v) is 7.46. The molecule has 0 aromatic heterocycles. The molecule has 156 valence electrons. The summed E-state index contributed by atoms with van der Waals surface area (Å²) in [5.41, 5.74) is 1.39. The Hall–Kier alpha value is -2.62. The molecule has 0 radical (unpaired) electrons. The monoisotopic (exact) mass is 411 g/mol. The third-order valence-electron chi connectivity index (χ3n) is 5.76. The van der Waals surface area contributed by atoms with Crippen LogP contribution in [0.4, 0.5) is 0 Å². The van der Waals surface area contributed by atoms with Crippen LogP contribution in [0.25, 0.3) is 0 Å². The summed E-state index contributed by atoms with van der Waals surface area (Å²) in [6, 6.07) is 14.8. The second kappa shape index (κ2) is 7.57. The van der Waals surface area contributed by atoms with E-state index in [0.29, 0.717) is 11.1 Å². The van der Waals surface area contributed by atoms with E-state index >= 15 is 0 Å². The van der Waals surface area contributed by atoms with Gasteiger partial charge in [0.2, 0.25) is 0 Å². The van der Waals surface area contributed by atoms with Crippen LogP contribution < -0.4 is 0 Å². The molecule has 3 aliphatic rings. The number of benzene rings is 2. The summed E-state index contributed by atoms with van der Waals surface area (Å²) in [4.78, 5) is 27.0. The molecule has 30 heavy (non-hydrogen) atoms. The molecule has 8 heteroatoms. The van der Waals surface area contributed by atoms with Crippen molar-refractivity contribution in [2.45, 2.75) is 36.9 Å². The SMILES string of the molecule is CO[C@H]1O[C@@H]2CO[C@@H](c3ccccc3)O[C@H]2[C@@H](O)[C@@H]1N1C(=O)c2ccccc2C1=O. The molecule has 0 spiro atoms. The van der Waals surface area contributed by atoms with Gasteiger partial charge in [-0.05, 0) is 12.1 Å². The predicted molar refractivity (Wildman–Crippen MR) is 102 cm³/mol. The molecule has 0 bridgehead atoms. The number of hydrogen-bond acceptors (Lipinski definition) is 7. The normalized spacial score (nSPS) is 33.3. The van der Waals surface area contributed by atoms with Gasteiger partial charge in [-0.15, -0.1) is 0 Å². The Balaban J connectivity index is 1.45. The maximum absolute atomic E-state index is 13.0. The highest BCUT2D eigenvalue weighted by atomic mass is 16.7. The lowest BCUT2D eigenvalue weighted by Gasteiger charge is -2.49. The zero-order valence-corrected chi connectivity index (χ0v) is 16.2. The van der Waals surface area contributed by atoms with Gasteiger partial charge in [0, 0.05) is 12.7 Å². The highest BCUT2D eigenvalue weighted by Crippen LogP contribution is 2.38. The highest BCUT2D eigenvalue weighted by molar-refractivity contribution is 6.21. The molecule has 0 unspecified atom stereocenters. The zero-order valence-electron chi connectivity index (χ0n) is 16.2. The molecule has 2 amide bonds.